The lowest BCUT2D eigenvalue weighted by atomic mass is 10.1. The summed E-state index contributed by atoms with van der Waals surface area (Å²) in [5, 5.41) is 8.15. The highest BCUT2D eigenvalue weighted by atomic mass is 19.4. The minimum atomic E-state index is -4.62. The van der Waals surface area contributed by atoms with Gasteiger partial charge in [-0.25, -0.2) is 4.79 Å². The summed E-state index contributed by atoms with van der Waals surface area (Å²) in [5.74, 6) is -1.61. The van der Waals surface area contributed by atoms with E-state index in [4.69, 9.17) is 5.11 Å². The fraction of sp³-hybridized carbons (Fsp3) is 0.375. The summed E-state index contributed by atoms with van der Waals surface area (Å²) in [7, 11) is 0. The number of rotatable bonds is 2. The first kappa shape index (κ1) is 11.7. The van der Waals surface area contributed by atoms with E-state index in [-0.39, 0.29) is 6.08 Å². The maximum Gasteiger partial charge on any atom is 0.416 e. The molecule has 0 aliphatic carbocycles. The molecule has 0 aliphatic heterocycles. The molecule has 0 unspecified atom stereocenters. The van der Waals surface area contributed by atoms with Gasteiger partial charge in [-0.3, -0.25) is 0 Å². The molecule has 0 aromatic rings. The van der Waals surface area contributed by atoms with E-state index in [9.17, 15) is 18.0 Å². The van der Waals surface area contributed by atoms with Gasteiger partial charge in [-0.1, -0.05) is 11.6 Å². The number of alkyl halides is 3. The topological polar surface area (TPSA) is 37.3 Å². The molecular weight excluding hydrogens is 185 g/mol. The number of hydrogen-bond donors (Lipinski definition) is 1. The van der Waals surface area contributed by atoms with E-state index in [1.807, 2.05) is 0 Å². The molecule has 0 saturated carbocycles. The Bertz CT molecular complexity index is 257. The molecule has 0 aromatic heterocycles. The Kier molecular flexibility index (Phi) is 3.71. The van der Waals surface area contributed by atoms with Crippen molar-refractivity contribution in [3.05, 3.63) is 23.3 Å². The van der Waals surface area contributed by atoms with E-state index >= 15 is 0 Å². The zero-order chi connectivity index (χ0) is 10.6. The van der Waals surface area contributed by atoms with Crippen LogP contribution in [-0.4, -0.2) is 17.3 Å². The first-order valence-electron chi connectivity index (χ1n) is 3.40. The lowest BCUT2D eigenvalue weighted by Crippen LogP contribution is -2.12. The van der Waals surface area contributed by atoms with Gasteiger partial charge in [0.05, 0.1) is 5.57 Å². The first-order valence-corrected chi connectivity index (χ1v) is 3.40. The van der Waals surface area contributed by atoms with Crippen LogP contribution in [0.3, 0.4) is 0 Å². The molecule has 0 aliphatic rings. The van der Waals surface area contributed by atoms with Crippen LogP contribution in [-0.2, 0) is 4.79 Å². The summed E-state index contributed by atoms with van der Waals surface area (Å²) in [6.07, 6.45) is -3.68. The molecule has 0 atom stereocenters. The van der Waals surface area contributed by atoms with Crippen molar-refractivity contribution in [3.63, 3.8) is 0 Å². The Morgan fingerprint density at radius 1 is 1.23 bits per heavy atom. The lowest BCUT2D eigenvalue weighted by Gasteiger charge is -2.06. The van der Waals surface area contributed by atoms with E-state index in [1.165, 1.54) is 13.8 Å². The molecule has 1 N–H and O–H groups in total. The summed E-state index contributed by atoms with van der Waals surface area (Å²) in [6, 6.07) is 0. The highest BCUT2D eigenvalue weighted by molar-refractivity contribution is 5.81. The predicted octanol–water partition coefficient (Wildman–Crippen LogP) is 2.53. The van der Waals surface area contributed by atoms with Crippen molar-refractivity contribution in [2.24, 2.45) is 0 Å². The van der Waals surface area contributed by atoms with Gasteiger partial charge in [0.1, 0.15) is 0 Å². The Balaban J connectivity index is 5.00. The van der Waals surface area contributed by atoms with Gasteiger partial charge in [-0.2, -0.15) is 13.2 Å². The molecule has 0 heterocycles. The molecule has 0 radical (unpaired) electrons. The summed E-state index contributed by atoms with van der Waals surface area (Å²) in [5.41, 5.74) is -0.759. The number of halogens is 3. The Labute approximate surface area is 73.4 Å². The van der Waals surface area contributed by atoms with Crippen LogP contribution in [0.4, 0.5) is 13.2 Å². The number of aliphatic carboxylic acids is 1. The van der Waals surface area contributed by atoms with Crippen molar-refractivity contribution in [2.75, 3.05) is 0 Å². The van der Waals surface area contributed by atoms with Gasteiger partial charge in [0.2, 0.25) is 0 Å². The summed E-state index contributed by atoms with van der Waals surface area (Å²) < 4.78 is 36.2. The highest BCUT2D eigenvalue weighted by Crippen LogP contribution is 2.27. The molecule has 0 spiro atoms. The van der Waals surface area contributed by atoms with Crippen LogP contribution in [0.1, 0.15) is 13.8 Å². The van der Waals surface area contributed by atoms with Crippen molar-refractivity contribution in [1.29, 1.82) is 0 Å². The van der Waals surface area contributed by atoms with Gasteiger partial charge in [0.15, 0.2) is 0 Å². The Morgan fingerprint density at radius 2 is 1.69 bits per heavy atom. The fourth-order valence-corrected chi connectivity index (χ4v) is 0.649. The van der Waals surface area contributed by atoms with Crippen molar-refractivity contribution in [1.82, 2.24) is 0 Å². The van der Waals surface area contributed by atoms with Crippen LogP contribution >= 0.6 is 0 Å². The van der Waals surface area contributed by atoms with Crippen LogP contribution in [0.15, 0.2) is 23.3 Å². The van der Waals surface area contributed by atoms with Crippen LogP contribution in [0.2, 0.25) is 0 Å². The normalized spacial score (nSPS) is 12.5. The van der Waals surface area contributed by atoms with Gasteiger partial charge in [0.25, 0.3) is 0 Å². The molecule has 0 saturated heterocycles. The lowest BCUT2D eigenvalue weighted by molar-refractivity contribution is -0.132. The Hall–Kier alpha value is -1.26. The van der Waals surface area contributed by atoms with E-state index < -0.39 is 17.7 Å². The molecule has 13 heavy (non-hydrogen) atoms. The number of hydrogen-bond acceptors (Lipinski definition) is 1. The quantitative estimate of drug-likeness (QED) is 0.541. The highest BCUT2D eigenvalue weighted by Gasteiger charge is 2.32. The molecule has 0 amide bonds. The zero-order valence-corrected chi connectivity index (χ0v) is 7.14. The average molecular weight is 194 g/mol. The monoisotopic (exact) mass is 194 g/mol. The smallest absolute Gasteiger partial charge is 0.416 e. The van der Waals surface area contributed by atoms with E-state index in [2.05, 4.69) is 0 Å². The summed E-state index contributed by atoms with van der Waals surface area (Å²) in [6.45, 7) is 2.92. The number of carboxylic acids is 1. The molecule has 5 heteroatoms. The van der Waals surface area contributed by atoms with Gasteiger partial charge in [-0.05, 0) is 13.8 Å². The second kappa shape index (κ2) is 4.11. The number of carboxylic acid groups (broad SMARTS) is 1. The molecule has 0 fully saturated rings. The molecule has 0 rings (SSSR count). The molecule has 0 aromatic carbocycles. The third kappa shape index (κ3) is 5.05. The van der Waals surface area contributed by atoms with Crippen molar-refractivity contribution in [2.45, 2.75) is 20.0 Å². The van der Waals surface area contributed by atoms with Crippen LogP contribution in [0.5, 0.6) is 0 Å². The first-order chi connectivity index (χ1) is 5.73. The molecule has 2 nitrogen and oxygen atoms in total. The van der Waals surface area contributed by atoms with Gasteiger partial charge in [-0.15, -0.1) is 0 Å². The van der Waals surface area contributed by atoms with Crippen LogP contribution < -0.4 is 0 Å². The van der Waals surface area contributed by atoms with Crippen LogP contribution in [0, 0.1) is 0 Å². The second-order valence-electron chi connectivity index (χ2n) is 2.66. The Morgan fingerprint density at radius 3 is 1.92 bits per heavy atom. The predicted molar refractivity (Wildman–Crippen MR) is 41.2 cm³/mol. The number of allylic oxidation sites excluding steroid dienone is 3. The third-order valence-electron chi connectivity index (χ3n) is 1.05. The minimum Gasteiger partial charge on any atom is -0.478 e. The summed E-state index contributed by atoms with van der Waals surface area (Å²) in [4.78, 5) is 10.0. The van der Waals surface area contributed by atoms with E-state index in [1.54, 1.807) is 0 Å². The largest absolute Gasteiger partial charge is 0.478 e. The average Bonchev–Trinajstić information content (AvgIpc) is 1.81. The molecular formula is C8H9F3O2. The molecule has 74 valence electrons. The van der Waals surface area contributed by atoms with Gasteiger partial charge < -0.3 is 5.11 Å². The summed E-state index contributed by atoms with van der Waals surface area (Å²) >= 11 is 0. The van der Waals surface area contributed by atoms with Crippen molar-refractivity contribution in [3.8, 4) is 0 Å². The maximum atomic E-state index is 12.1. The van der Waals surface area contributed by atoms with Gasteiger partial charge in [0, 0.05) is 6.08 Å². The fourth-order valence-electron chi connectivity index (χ4n) is 0.649. The van der Waals surface area contributed by atoms with E-state index in [0.717, 1.165) is 6.08 Å². The van der Waals surface area contributed by atoms with E-state index in [0.29, 0.717) is 5.57 Å². The SMILES string of the molecule is CC(C)=C/C(=C\C(=O)O)C(F)(F)F. The minimum absolute atomic E-state index is 0.146. The molecule has 0 bridgehead atoms. The second-order valence-corrected chi connectivity index (χ2v) is 2.66. The van der Waals surface area contributed by atoms with Gasteiger partial charge >= 0.3 is 12.1 Å². The van der Waals surface area contributed by atoms with Crippen molar-refractivity contribution < 1.29 is 23.1 Å². The third-order valence-corrected chi connectivity index (χ3v) is 1.05. The standard InChI is InChI=1S/C8H9F3O2/c1-5(2)3-6(4-7(12)13)8(9,10)11/h3-4H,1-2H3,(H,12,13)/b6-4+. The number of carbonyl (C=O) groups is 1. The van der Waals surface area contributed by atoms with Crippen molar-refractivity contribution >= 4 is 5.97 Å². The maximum absolute atomic E-state index is 12.1. The zero-order valence-electron chi connectivity index (χ0n) is 7.14. The van der Waals surface area contributed by atoms with Crippen LogP contribution in [0.25, 0.3) is 0 Å².